The van der Waals surface area contributed by atoms with E-state index >= 15 is 0 Å². The smallest absolute Gasteiger partial charge is 0.258 e. The highest BCUT2D eigenvalue weighted by Gasteiger charge is 2.46. The summed E-state index contributed by atoms with van der Waals surface area (Å²) < 4.78 is 0. The minimum absolute atomic E-state index is 0.0797. The second-order valence-corrected chi connectivity index (χ2v) is 5.64. The third kappa shape index (κ3) is 3.39. The minimum Gasteiger partial charge on any atom is -0.343 e. The van der Waals surface area contributed by atoms with Gasteiger partial charge in [-0.05, 0) is 26.0 Å². The predicted molar refractivity (Wildman–Crippen MR) is 70.7 cm³/mol. The predicted octanol–water partition coefficient (Wildman–Crippen LogP) is 0.964. The first-order chi connectivity index (χ1) is 8.48. The summed E-state index contributed by atoms with van der Waals surface area (Å²) in [6.07, 6.45) is 5.45. The van der Waals surface area contributed by atoms with Crippen LogP contribution in [0.3, 0.4) is 0 Å². The van der Waals surface area contributed by atoms with Crippen LogP contribution in [0.2, 0.25) is 0 Å². The molecule has 1 saturated carbocycles. The third-order valence-corrected chi connectivity index (χ3v) is 3.85. The molecule has 1 unspecified atom stereocenters. The normalized spacial score (nSPS) is 17.4. The number of carbonyl (C=O) groups excluding carboxylic acids is 2. The molecule has 6 heteroatoms. The number of carbonyl (C=O) groups is 2. The van der Waals surface area contributed by atoms with Gasteiger partial charge in [0, 0.05) is 17.7 Å². The minimum atomic E-state index is -0.607. The molecular formula is C12H19N3O2S. The average Bonchev–Trinajstić information content (AvgIpc) is 3.09. The molecule has 0 heterocycles. The molecule has 0 aliphatic heterocycles. The molecule has 1 atom stereocenters. The van der Waals surface area contributed by atoms with Crippen LogP contribution in [0.5, 0.6) is 0 Å². The maximum atomic E-state index is 12.1. The van der Waals surface area contributed by atoms with Crippen LogP contribution >= 0.6 is 11.8 Å². The third-order valence-electron chi connectivity index (χ3n) is 3.19. The summed E-state index contributed by atoms with van der Waals surface area (Å²) in [5.74, 6) is 0.0783. The van der Waals surface area contributed by atoms with Crippen molar-refractivity contribution in [1.29, 1.82) is 5.26 Å². The average molecular weight is 269 g/mol. The maximum absolute atomic E-state index is 12.1. The highest BCUT2D eigenvalue weighted by molar-refractivity contribution is 7.98. The van der Waals surface area contributed by atoms with Gasteiger partial charge in [-0.25, -0.2) is 4.90 Å². The van der Waals surface area contributed by atoms with Crippen LogP contribution in [-0.2, 0) is 9.59 Å². The summed E-state index contributed by atoms with van der Waals surface area (Å²) in [5, 5.41) is 11.6. The lowest BCUT2D eigenvalue weighted by Crippen LogP contribution is -2.50. The summed E-state index contributed by atoms with van der Waals surface area (Å²) in [5.41, 5.74) is -0.305. The summed E-state index contributed by atoms with van der Waals surface area (Å²) in [4.78, 5) is 25.1. The van der Waals surface area contributed by atoms with E-state index in [4.69, 9.17) is 5.26 Å². The highest BCUT2D eigenvalue weighted by Crippen LogP contribution is 2.45. The van der Waals surface area contributed by atoms with Gasteiger partial charge in [-0.1, -0.05) is 6.92 Å². The van der Waals surface area contributed by atoms with Crippen molar-refractivity contribution in [3.63, 3.8) is 0 Å². The fourth-order valence-electron chi connectivity index (χ4n) is 1.55. The molecule has 2 amide bonds. The molecule has 1 aliphatic carbocycles. The van der Waals surface area contributed by atoms with Crippen molar-refractivity contribution in [2.75, 3.05) is 18.6 Å². The van der Waals surface area contributed by atoms with Gasteiger partial charge in [-0.3, -0.25) is 9.59 Å². The largest absolute Gasteiger partial charge is 0.343 e. The molecule has 1 N–H and O–H groups in total. The van der Waals surface area contributed by atoms with Gasteiger partial charge in [0.15, 0.2) is 6.19 Å². The van der Waals surface area contributed by atoms with Crippen LogP contribution in [0, 0.1) is 16.9 Å². The van der Waals surface area contributed by atoms with E-state index in [2.05, 4.69) is 5.32 Å². The summed E-state index contributed by atoms with van der Waals surface area (Å²) in [7, 11) is 0. The zero-order valence-corrected chi connectivity index (χ0v) is 11.8. The molecule has 1 fully saturated rings. The first-order valence-corrected chi connectivity index (χ1v) is 7.39. The Labute approximate surface area is 112 Å². The molecule has 0 aromatic heterocycles. The molecular weight excluding hydrogens is 250 g/mol. The van der Waals surface area contributed by atoms with Gasteiger partial charge in [-0.15, -0.1) is 0 Å². The van der Waals surface area contributed by atoms with E-state index in [0.29, 0.717) is 12.3 Å². The molecule has 0 spiro atoms. The molecule has 5 nitrogen and oxygen atoms in total. The van der Waals surface area contributed by atoms with E-state index < -0.39 is 6.04 Å². The fourth-order valence-corrected chi connectivity index (χ4v) is 2.11. The van der Waals surface area contributed by atoms with E-state index in [1.807, 2.05) is 19.4 Å². The zero-order valence-electron chi connectivity index (χ0n) is 11.0. The number of hydrogen-bond donors (Lipinski definition) is 1. The second-order valence-electron chi connectivity index (χ2n) is 4.72. The van der Waals surface area contributed by atoms with E-state index in [1.54, 1.807) is 6.92 Å². The Balaban J connectivity index is 2.67. The lowest BCUT2D eigenvalue weighted by atomic mass is 10.1. The van der Waals surface area contributed by atoms with Crippen molar-refractivity contribution in [1.82, 2.24) is 10.2 Å². The van der Waals surface area contributed by atoms with Crippen molar-refractivity contribution in [2.45, 2.75) is 32.7 Å². The molecule has 100 valence electrons. The summed E-state index contributed by atoms with van der Waals surface area (Å²) >= 11 is 1.48. The Kier molecular flexibility index (Phi) is 5.03. The van der Waals surface area contributed by atoms with Crippen LogP contribution in [0.25, 0.3) is 0 Å². The summed E-state index contributed by atoms with van der Waals surface area (Å²) in [6, 6.07) is -0.607. The van der Waals surface area contributed by atoms with Crippen molar-refractivity contribution in [2.24, 2.45) is 5.41 Å². The van der Waals surface area contributed by atoms with Gasteiger partial charge < -0.3 is 5.32 Å². The monoisotopic (exact) mass is 269 g/mol. The topological polar surface area (TPSA) is 73.2 Å². The standard InChI is InChI=1S/C12H19N3O2S/c1-4-15(8-13)10(16)9(7-18-3)14-11(17)12(2)5-6-12/h9H,4-7H2,1-3H3,(H,14,17). The van der Waals surface area contributed by atoms with Gasteiger partial charge in [0.25, 0.3) is 5.91 Å². The van der Waals surface area contributed by atoms with E-state index in [-0.39, 0.29) is 17.2 Å². The highest BCUT2D eigenvalue weighted by atomic mass is 32.2. The van der Waals surface area contributed by atoms with Gasteiger partial charge in [0.2, 0.25) is 5.91 Å². The van der Waals surface area contributed by atoms with Crippen LogP contribution in [0.4, 0.5) is 0 Å². The number of rotatable bonds is 6. The van der Waals surface area contributed by atoms with Gasteiger partial charge in [0.1, 0.15) is 6.04 Å². The molecule has 0 saturated heterocycles. The van der Waals surface area contributed by atoms with Crippen LogP contribution < -0.4 is 5.32 Å². The molecule has 0 aromatic rings. The number of amides is 2. The van der Waals surface area contributed by atoms with E-state index in [0.717, 1.165) is 17.7 Å². The van der Waals surface area contributed by atoms with Crippen LogP contribution in [0.1, 0.15) is 26.7 Å². The van der Waals surface area contributed by atoms with Gasteiger partial charge in [-0.2, -0.15) is 17.0 Å². The SMILES string of the molecule is CCN(C#N)C(=O)C(CSC)NC(=O)C1(C)CC1. The van der Waals surface area contributed by atoms with Crippen LogP contribution in [-0.4, -0.2) is 41.3 Å². The Morgan fingerprint density at radius 1 is 1.56 bits per heavy atom. The molecule has 1 aliphatic rings. The van der Waals surface area contributed by atoms with Crippen molar-refractivity contribution >= 4 is 23.6 Å². The lowest BCUT2D eigenvalue weighted by Gasteiger charge is -2.22. The number of thioether (sulfide) groups is 1. The zero-order chi connectivity index (χ0) is 13.8. The van der Waals surface area contributed by atoms with Crippen molar-refractivity contribution in [3.8, 4) is 6.19 Å². The number of nitrogens with one attached hydrogen (secondary N) is 1. The Hall–Kier alpha value is -1.22. The second kappa shape index (κ2) is 6.10. The molecule has 0 aromatic carbocycles. The molecule has 18 heavy (non-hydrogen) atoms. The quantitative estimate of drug-likeness (QED) is 0.576. The van der Waals surface area contributed by atoms with E-state index in [1.165, 1.54) is 11.8 Å². The first-order valence-electron chi connectivity index (χ1n) is 5.99. The maximum Gasteiger partial charge on any atom is 0.258 e. The number of nitriles is 1. The molecule has 1 rings (SSSR count). The van der Waals surface area contributed by atoms with Crippen molar-refractivity contribution in [3.05, 3.63) is 0 Å². The summed E-state index contributed by atoms with van der Waals surface area (Å²) in [6.45, 7) is 3.96. The Bertz CT molecular complexity index is 374. The van der Waals surface area contributed by atoms with Gasteiger partial charge in [0.05, 0.1) is 0 Å². The molecule has 0 radical (unpaired) electrons. The van der Waals surface area contributed by atoms with Crippen molar-refractivity contribution < 1.29 is 9.59 Å². The number of nitrogens with zero attached hydrogens (tertiary/aromatic N) is 2. The number of likely N-dealkylation sites (N-methyl/N-ethyl adjacent to an activating group) is 1. The van der Waals surface area contributed by atoms with E-state index in [9.17, 15) is 9.59 Å². The van der Waals surface area contributed by atoms with Crippen LogP contribution in [0.15, 0.2) is 0 Å². The fraction of sp³-hybridized carbons (Fsp3) is 0.750. The Morgan fingerprint density at radius 3 is 2.56 bits per heavy atom. The first kappa shape index (κ1) is 14.8. The number of hydrogen-bond acceptors (Lipinski definition) is 4. The Morgan fingerprint density at radius 2 is 2.17 bits per heavy atom. The molecule has 0 bridgehead atoms. The lowest BCUT2D eigenvalue weighted by molar-refractivity contribution is -0.134. The van der Waals surface area contributed by atoms with Gasteiger partial charge >= 0.3 is 0 Å².